The Labute approximate surface area is 180 Å². The molecule has 5 aromatic rings. The predicted molar refractivity (Wildman–Crippen MR) is 122 cm³/mol. The van der Waals surface area contributed by atoms with Gasteiger partial charge in [-0.05, 0) is 44.4 Å². The van der Waals surface area contributed by atoms with Crippen LogP contribution in [0, 0.1) is 6.92 Å². The van der Waals surface area contributed by atoms with Gasteiger partial charge < -0.3 is 9.30 Å². The third kappa shape index (κ3) is 3.34. The molecular formula is C25H24N4O2. The minimum absolute atomic E-state index is 0.172. The molecule has 31 heavy (non-hydrogen) atoms. The molecule has 1 atom stereocenters. The van der Waals surface area contributed by atoms with Gasteiger partial charge in [-0.1, -0.05) is 42.5 Å². The van der Waals surface area contributed by atoms with Gasteiger partial charge in [0.05, 0.1) is 11.0 Å². The zero-order chi connectivity index (χ0) is 21.5. The van der Waals surface area contributed by atoms with E-state index in [-0.39, 0.29) is 12.0 Å². The molecular weight excluding hydrogens is 388 g/mol. The third-order valence-corrected chi connectivity index (χ3v) is 5.77. The van der Waals surface area contributed by atoms with Crippen LogP contribution in [-0.2, 0) is 11.2 Å². The molecule has 3 aromatic heterocycles. The van der Waals surface area contributed by atoms with E-state index in [1.165, 1.54) is 12.5 Å². The van der Waals surface area contributed by atoms with Crippen molar-refractivity contribution in [3.8, 4) is 5.75 Å². The number of imidazole rings is 1. The average Bonchev–Trinajstić information content (AvgIpc) is 3.31. The Morgan fingerprint density at radius 3 is 2.55 bits per heavy atom. The number of ether oxygens (including phenoxy) is 1. The summed E-state index contributed by atoms with van der Waals surface area (Å²) >= 11 is 0. The molecule has 0 fully saturated rings. The number of para-hydroxylation sites is 2. The van der Waals surface area contributed by atoms with Crippen molar-refractivity contribution < 1.29 is 9.53 Å². The van der Waals surface area contributed by atoms with Gasteiger partial charge in [0.15, 0.2) is 11.4 Å². The van der Waals surface area contributed by atoms with Crippen molar-refractivity contribution in [3.63, 3.8) is 0 Å². The summed E-state index contributed by atoms with van der Waals surface area (Å²) in [7, 11) is 0. The Morgan fingerprint density at radius 1 is 1.03 bits per heavy atom. The van der Waals surface area contributed by atoms with E-state index in [0.717, 1.165) is 46.4 Å². The first-order valence-corrected chi connectivity index (χ1v) is 10.5. The van der Waals surface area contributed by atoms with Crippen molar-refractivity contribution in [1.29, 1.82) is 0 Å². The smallest absolute Gasteiger partial charge is 0.308 e. The van der Waals surface area contributed by atoms with Crippen LogP contribution in [0.25, 0.3) is 27.7 Å². The molecule has 5 rings (SSSR count). The summed E-state index contributed by atoms with van der Waals surface area (Å²) in [6.45, 7) is 5.57. The summed E-state index contributed by atoms with van der Waals surface area (Å²) in [6, 6.07) is 18.6. The largest absolute Gasteiger partial charge is 0.424 e. The Morgan fingerprint density at radius 2 is 1.77 bits per heavy atom. The number of carbonyl (C=O) groups is 1. The SMILES string of the molecule is CC(=O)Oc1cn([C@@H](C)CCc2ccccc2)c2nc(C)n3c4ccccc4nc3c12. The minimum atomic E-state index is -0.356. The topological polar surface area (TPSA) is 61.4 Å². The van der Waals surface area contributed by atoms with Crippen molar-refractivity contribution in [2.75, 3.05) is 0 Å². The van der Waals surface area contributed by atoms with Crippen LogP contribution in [0.2, 0.25) is 0 Å². The van der Waals surface area contributed by atoms with E-state index in [9.17, 15) is 4.79 Å². The van der Waals surface area contributed by atoms with Gasteiger partial charge in [-0.3, -0.25) is 9.20 Å². The van der Waals surface area contributed by atoms with Gasteiger partial charge in [0.25, 0.3) is 0 Å². The molecule has 0 aliphatic carbocycles. The van der Waals surface area contributed by atoms with Gasteiger partial charge in [-0.15, -0.1) is 0 Å². The van der Waals surface area contributed by atoms with E-state index in [1.54, 1.807) is 0 Å². The highest BCUT2D eigenvalue weighted by Crippen LogP contribution is 2.35. The summed E-state index contributed by atoms with van der Waals surface area (Å²) in [6.07, 6.45) is 3.79. The maximum Gasteiger partial charge on any atom is 0.308 e. The normalized spacial score (nSPS) is 12.6. The lowest BCUT2D eigenvalue weighted by molar-refractivity contribution is -0.131. The molecule has 0 bridgehead atoms. The zero-order valence-electron chi connectivity index (χ0n) is 17.9. The molecule has 6 nitrogen and oxygen atoms in total. The number of aromatic nitrogens is 4. The third-order valence-electron chi connectivity index (χ3n) is 5.77. The van der Waals surface area contributed by atoms with Crippen LogP contribution in [0.5, 0.6) is 5.75 Å². The van der Waals surface area contributed by atoms with Crippen LogP contribution in [-0.4, -0.2) is 24.9 Å². The fraction of sp³-hybridized carbons (Fsp3) is 0.240. The molecule has 0 radical (unpaired) electrons. The van der Waals surface area contributed by atoms with Crippen molar-refractivity contribution >= 4 is 33.7 Å². The van der Waals surface area contributed by atoms with Crippen LogP contribution in [0.4, 0.5) is 0 Å². The molecule has 0 spiro atoms. The number of benzene rings is 2. The molecule has 2 aromatic carbocycles. The van der Waals surface area contributed by atoms with Gasteiger partial charge in [0.2, 0.25) is 0 Å². The maximum atomic E-state index is 11.8. The number of rotatable bonds is 5. The van der Waals surface area contributed by atoms with E-state index < -0.39 is 0 Å². The monoisotopic (exact) mass is 412 g/mol. The highest BCUT2D eigenvalue weighted by atomic mass is 16.5. The van der Waals surface area contributed by atoms with Crippen molar-refractivity contribution in [1.82, 2.24) is 18.9 Å². The molecule has 0 unspecified atom stereocenters. The first-order chi connectivity index (χ1) is 15.0. The van der Waals surface area contributed by atoms with E-state index in [2.05, 4.69) is 35.8 Å². The van der Waals surface area contributed by atoms with Crippen LogP contribution in [0.15, 0.2) is 60.8 Å². The molecule has 0 amide bonds. The van der Waals surface area contributed by atoms with E-state index in [1.807, 2.05) is 47.9 Å². The van der Waals surface area contributed by atoms with Gasteiger partial charge in [0.1, 0.15) is 16.9 Å². The second-order valence-electron chi connectivity index (χ2n) is 7.98. The number of fused-ring (bicyclic) bond motifs is 5. The molecule has 0 aliphatic rings. The number of hydrogen-bond donors (Lipinski definition) is 0. The van der Waals surface area contributed by atoms with Crippen LogP contribution >= 0.6 is 0 Å². The summed E-state index contributed by atoms with van der Waals surface area (Å²) in [5.74, 6) is 0.993. The van der Waals surface area contributed by atoms with Crippen molar-refractivity contribution in [2.24, 2.45) is 0 Å². The predicted octanol–water partition coefficient (Wildman–Crippen LogP) is 5.26. The van der Waals surface area contributed by atoms with Crippen LogP contribution in [0.1, 0.15) is 37.7 Å². The minimum Gasteiger partial charge on any atom is -0.424 e. The Bertz CT molecular complexity index is 1420. The number of nitrogens with zero attached hydrogens (tertiary/aromatic N) is 4. The van der Waals surface area contributed by atoms with E-state index >= 15 is 0 Å². The molecule has 0 N–H and O–H groups in total. The number of carbonyl (C=O) groups excluding carboxylic acids is 1. The summed E-state index contributed by atoms with van der Waals surface area (Å²) in [5.41, 5.74) is 4.73. The highest BCUT2D eigenvalue weighted by molar-refractivity contribution is 6.00. The second kappa shape index (κ2) is 7.54. The average molecular weight is 412 g/mol. The Balaban J connectivity index is 1.67. The lowest BCUT2D eigenvalue weighted by Gasteiger charge is -2.15. The van der Waals surface area contributed by atoms with Gasteiger partial charge >= 0.3 is 5.97 Å². The standard InChI is InChI=1S/C25H24N4O2/c1-16(13-14-19-9-5-4-6-10-19)28-15-22(31-18(3)30)23-24(28)26-17(2)29-21-12-8-7-11-20(21)27-25(23)29/h4-12,15-16H,13-14H2,1-3H3/t16-/m0/s1. The summed E-state index contributed by atoms with van der Waals surface area (Å²) in [5, 5.41) is 0.767. The van der Waals surface area contributed by atoms with Crippen molar-refractivity contribution in [2.45, 2.75) is 39.7 Å². The van der Waals surface area contributed by atoms with E-state index in [4.69, 9.17) is 14.7 Å². The number of hydrogen-bond acceptors (Lipinski definition) is 4. The molecule has 6 heteroatoms. The summed E-state index contributed by atoms with van der Waals surface area (Å²) in [4.78, 5) is 21.6. The Hall–Kier alpha value is -3.67. The fourth-order valence-corrected chi connectivity index (χ4v) is 4.27. The fourth-order valence-electron chi connectivity index (χ4n) is 4.27. The number of aryl methyl sites for hydroxylation is 2. The molecule has 0 saturated heterocycles. The van der Waals surface area contributed by atoms with Crippen molar-refractivity contribution in [3.05, 3.63) is 72.2 Å². The van der Waals surface area contributed by atoms with Gasteiger partial charge in [-0.2, -0.15) is 0 Å². The Kier molecular flexibility index (Phi) is 4.70. The van der Waals surface area contributed by atoms with Gasteiger partial charge in [-0.25, -0.2) is 9.97 Å². The zero-order valence-corrected chi connectivity index (χ0v) is 17.9. The lowest BCUT2D eigenvalue weighted by Crippen LogP contribution is -2.07. The molecule has 0 saturated carbocycles. The first kappa shape index (κ1) is 19.3. The second-order valence-corrected chi connectivity index (χ2v) is 7.98. The van der Waals surface area contributed by atoms with Crippen LogP contribution in [0.3, 0.4) is 0 Å². The maximum absolute atomic E-state index is 11.8. The molecule has 0 aliphatic heterocycles. The van der Waals surface area contributed by atoms with Crippen LogP contribution < -0.4 is 4.74 Å². The van der Waals surface area contributed by atoms with Gasteiger partial charge in [0, 0.05) is 19.2 Å². The first-order valence-electron chi connectivity index (χ1n) is 10.5. The lowest BCUT2D eigenvalue weighted by atomic mass is 10.1. The molecule has 3 heterocycles. The molecule has 156 valence electrons. The van der Waals surface area contributed by atoms with E-state index in [0.29, 0.717) is 5.75 Å². The summed E-state index contributed by atoms with van der Waals surface area (Å²) < 4.78 is 9.76. The number of esters is 1. The quantitative estimate of drug-likeness (QED) is 0.369. The highest BCUT2D eigenvalue weighted by Gasteiger charge is 2.22.